The van der Waals surface area contributed by atoms with E-state index in [0.717, 1.165) is 38.6 Å². The van der Waals surface area contributed by atoms with Crippen LogP contribution < -0.4 is 4.90 Å². The molecule has 1 aliphatic rings. The quantitative estimate of drug-likeness (QED) is 0.219. The van der Waals surface area contributed by atoms with E-state index in [-0.39, 0.29) is 17.2 Å². The Morgan fingerprint density at radius 3 is 2.00 bits per heavy atom. The molecule has 0 saturated carbocycles. The molecule has 6 aromatic rings. The maximum atomic E-state index is 14.1. The summed E-state index contributed by atoms with van der Waals surface area (Å²) in [5.41, 5.74) is 7.45. The van der Waals surface area contributed by atoms with Crippen molar-refractivity contribution >= 4 is 39.3 Å². The van der Waals surface area contributed by atoms with Crippen LogP contribution in [0, 0.1) is 0 Å². The van der Waals surface area contributed by atoms with Crippen molar-refractivity contribution in [3.63, 3.8) is 0 Å². The maximum absolute atomic E-state index is 14.1. The minimum atomic E-state index is -0.305. The van der Waals surface area contributed by atoms with Gasteiger partial charge in [-0.1, -0.05) is 99.6 Å². The average molecular weight is 521 g/mol. The number of amides is 2. The Bertz CT molecular complexity index is 1960. The third-order valence-corrected chi connectivity index (χ3v) is 7.91. The van der Waals surface area contributed by atoms with Gasteiger partial charge in [0.1, 0.15) is 0 Å². The third kappa shape index (κ3) is 3.60. The predicted molar refractivity (Wildman–Crippen MR) is 162 cm³/mol. The molecule has 0 unspecified atom stereocenters. The summed E-state index contributed by atoms with van der Waals surface area (Å²) in [7, 11) is 0. The lowest BCUT2D eigenvalue weighted by Gasteiger charge is -2.20. The summed E-state index contributed by atoms with van der Waals surface area (Å²) in [4.78, 5) is 29.1. The zero-order valence-corrected chi connectivity index (χ0v) is 22.7. The molecule has 0 fully saturated rings. The van der Waals surface area contributed by atoms with E-state index in [0.29, 0.717) is 16.8 Å². The second-order valence-corrected chi connectivity index (χ2v) is 11.4. The van der Waals surface area contributed by atoms with Crippen molar-refractivity contribution in [3.8, 4) is 16.8 Å². The van der Waals surface area contributed by atoms with Gasteiger partial charge in [0.05, 0.1) is 33.5 Å². The molecule has 4 nitrogen and oxygen atoms in total. The number of aromatic nitrogens is 1. The van der Waals surface area contributed by atoms with Crippen LogP contribution >= 0.6 is 0 Å². The predicted octanol–water partition coefficient (Wildman–Crippen LogP) is 8.55. The van der Waals surface area contributed by atoms with Crippen LogP contribution in [-0.2, 0) is 5.41 Å². The molecule has 5 aromatic carbocycles. The molecule has 0 spiro atoms. The summed E-state index contributed by atoms with van der Waals surface area (Å²) in [5.74, 6) is -0.605. The number of fused-ring (bicyclic) bond motifs is 4. The second-order valence-electron chi connectivity index (χ2n) is 11.4. The molecule has 0 atom stereocenters. The normalized spacial score (nSPS) is 13.4. The first kappa shape index (κ1) is 24.1. The summed E-state index contributed by atoms with van der Waals surface area (Å²) in [6.07, 6.45) is 0. The number of nitrogens with zero attached hydrogens (tertiary/aromatic N) is 2. The van der Waals surface area contributed by atoms with Crippen molar-refractivity contribution in [2.45, 2.75) is 26.2 Å². The van der Waals surface area contributed by atoms with Crippen LogP contribution in [0.5, 0.6) is 0 Å². The fourth-order valence-electron chi connectivity index (χ4n) is 5.82. The van der Waals surface area contributed by atoms with E-state index < -0.39 is 0 Å². The molecule has 0 aliphatic carbocycles. The highest BCUT2D eigenvalue weighted by Gasteiger charge is 2.39. The molecular formula is C36H28N2O2. The van der Waals surface area contributed by atoms with Crippen LogP contribution in [-0.4, -0.2) is 16.4 Å². The molecule has 2 amide bonds. The largest absolute Gasteiger partial charge is 0.308 e. The highest BCUT2D eigenvalue weighted by Crippen LogP contribution is 2.39. The van der Waals surface area contributed by atoms with E-state index in [9.17, 15) is 9.59 Å². The van der Waals surface area contributed by atoms with Gasteiger partial charge in [0, 0.05) is 10.8 Å². The van der Waals surface area contributed by atoms with Crippen LogP contribution in [0.3, 0.4) is 0 Å². The first-order chi connectivity index (χ1) is 19.3. The maximum Gasteiger partial charge on any atom is 0.268 e. The van der Waals surface area contributed by atoms with Crippen molar-refractivity contribution in [1.29, 1.82) is 0 Å². The Morgan fingerprint density at radius 2 is 1.25 bits per heavy atom. The monoisotopic (exact) mass is 520 g/mol. The van der Waals surface area contributed by atoms with Gasteiger partial charge in [0.25, 0.3) is 11.8 Å². The van der Waals surface area contributed by atoms with Crippen molar-refractivity contribution in [3.05, 3.63) is 132 Å². The third-order valence-electron chi connectivity index (χ3n) is 7.91. The van der Waals surface area contributed by atoms with Crippen molar-refractivity contribution < 1.29 is 9.59 Å². The number of hydrogen-bond donors (Lipinski definition) is 0. The number of para-hydroxylation sites is 1. The molecule has 0 bridgehead atoms. The number of imide groups is 1. The van der Waals surface area contributed by atoms with Crippen LogP contribution in [0.1, 0.15) is 47.1 Å². The summed E-state index contributed by atoms with van der Waals surface area (Å²) >= 11 is 0. The standard InChI is InChI=1S/C36H28N2O2/c1-36(2,3)25-18-21-28-27-12-7-8-14-30(27)38(32(28)22-25)31-15-9-13-29-33(31)35(40)37(34(29)39)26-19-16-24(17-20-26)23-10-5-4-6-11-23/h4-22H,1-3H3. The van der Waals surface area contributed by atoms with Crippen molar-refractivity contribution in [2.75, 3.05) is 4.90 Å². The fourth-order valence-corrected chi connectivity index (χ4v) is 5.82. The van der Waals surface area contributed by atoms with Crippen LogP contribution in [0.15, 0.2) is 115 Å². The van der Waals surface area contributed by atoms with E-state index in [1.165, 1.54) is 10.5 Å². The van der Waals surface area contributed by atoms with E-state index >= 15 is 0 Å². The SMILES string of the molecule is CC(C)(C)c1ccc2c3ccccc3n(-c3cccc4c3C(=O)N(c3ccc(-c5ccccc5)cc3)C4=O)c2c1. The van der Waals surface area contributed by atoms with Crippen LogP contribution in [0.2, 0.25) is 0 Å². The molecule has 0 radical (unpaired) electrons. The summed E-state index contributed by atoms with van der Waals surface area (Å²) in [5, 5.41) is 2.23. The van der Waals surface area contributed by atoms with Crippen molar-refractivity contribution in [1.82, 2.24) is 4.57 Å². The van der Waals surface area contributed by atoms with Crippen molar-refractivity contribution in [2.24, 2.45) is 0 Å². The second kappa shape index (κ2) is 8.78. The van der Waals surface area contributed by atoms with Crippen LogP contribution in [0.25, 0.3) is 38.6 Å². The lowest BCUT2D eigenvalue weighted by molar-refractivity contribution is 0.0926. The van der Waals surface area contributed by atoms with Gasteiger partial charge in [0.2, 0.25) is 0 Å². The van der Waals surface area contributed by atoms with Gasteiger partial charge in [-0.3, -0.25) is 9.59 Å². The molecule has 194 valence electrons. The molecule has 0 saturated heterocycles. The number of rotatable bonds is 3. The molecule has 1 aliphatic heterocycles. The van der Waals surface area contributed by atoms with Gasteiger partial charge in [-0.05, 0) is 58.5 Å². The minimum absolute atomic E-state index is 0.0391. The Morgan fingerprint density at radius 1 is 0.575 bits per heavy atom. The smallest absolute Gasteiger partial charge is 0.268 e. The molecule has 7 rings (SSSR count). The Balaban J connectivity index is 1.39. The van der Waals surface area contributed by atoms with E-state index in [1.807, 2.05) is 78.9 Å². The van der Waals surface area contributed by atoms with Gasteiger partial charge in [-0.2, -0.15) is 0 Å². The van der Waals surface area contributed by atoms with E-state index in [2.05, 4.69) is 55.7 Å². The van der Waals surface area contributed by atoms with E-state index in [1.54, 1.807) is 6.07 Å². The number of hydrogen-bond acceptors (Lipinski definition) is 2. The summed E-state index contributed by atoms with van der Waals surface area (Å²) in [6, 6.07) is 38.0. The number of carbonyl (C=O) groups is 2. The topological polar surface area (TPSA) is 42.3 Å². The molecular weight excluding hydrogens is 492 g/mol. The molecule has 2 heterocycles. The average Bonchev–Trinajstić information content (AvgIpc) is 3.44. The highest BCUT2D eigenvalue weighted by molar-refractivity contribution is 6.35. The summed E-state index contributed by atoms with van der Waals surface area (Å²) < 4.78 is 2.14. The van der Waals surface area contributed by atoms with Gasteiger partial charge < -0.3 is 4.57 Å². The zero-order chi connectivity index (χ0) is 27.6. The molecule has 0 N–H and O–H groups in total. The molecule has 1 aromatic heterocycles. The Kier molecular flexibility index (Phi) is 5.29. The molecule has 40 heavy (non-hydrogen) atoms. The number of benzene rings is 5. The fraction of sp³-hybridized carbons (Fsp3) is 0.111. The Labute approximate surface area is 233 Å². The molecule has 4 heteroatoms. The lowest BCUT2D eigenvalue weighted by Crippen LogP contribution is -2.29. The van der Waals surface area contributed by atoms with Crippen LogP contribution in [0.4, 0.5) is 5.69 Å². The number of anilines is 1. The minimum Gasteiger partial charge on any atom is -0.308 e. The van der Waals surface area contributed by atoms with E-state index in [4.69, 9.17) is 0 Å². The zero-order valence-electron chi connectivity index (χ0n) is 22.7. The Hall–Kier alpha value is -4.96. The van der Waals surface area contributed by atoms with Gasteiger partial charge in [-0.15, -0.1) is 0 Å². The van der Waals surface area contributed by atoms with Gasteiger partial charge in [0.15, 0.2) is 0 Å². The van der Waals surface area contributed by atoms with Gasteiger partial charge in [-0.25, -0.2) is 4.90 Å². The first-order valence-electron chi connectivity index (χ1n) is 13.5. The number of carbonyl (C=O) groups excluding carboxylic acids is 2. The summed E-state index contributed by atoms with van der Waals surface area (Å²) in [6.45, 7) is 6.60. The lowest BCUT2D eigenvalue weighted by atomic mass is 9.86. The first-order valence-corrected chi connectivity index (χ1v) is 13.5. The van der Waals surface area contributed by atoms with Gasteiger partial charge >= 0.3 is 0 Å². The highest BCUT2D eigenvalue weighted by atomic mass is 16.2.